The summed E-state index contributed by atoms with van der Waals surface area (Å²) in [6.45, 7) is 0.449. The van der Waals surface area contributed by atoms with Crippen molar-refractivity contribution in [2.45, 2.75) is 18.2 Å². The van der Waals surface area contributed by atoms with E-state index in [1.54, 1.807) is 0 Å². The van der Waals surface area contributed by atoms with Crippen molar-refractivity contribution in [1.82, 2.24) is 4.90 Å². The molecule has 3 N–H and O–H groups in total. The van der Waals surface area contributed by atoms with Crippen molar-refractivity contribution < 1.29 is 14.7 Å². The van der Waals surface area contributed by atoms with Gasteiger partial charge in [-0.05, 0) is 0 Å². The van der Waals surface area contributed by atoms with Crippen molar-refractivity contribution in [1.29, 1.82) is 0 Å². The van der Waals surface area contributed by atoms with Crippen LogP contribution in [-0.4, -0.2) is 40.1 Å². The second-order valence-electron chi connectivity index (χ2n) is 3.42. The van der Waals surface area contributed by atoms with E-state index in [2.05, 4.69) is 4.99 Å². The van der Waals surface area contributed by atoms with Gasteiger partial charge in [-0.1, -0.05) is 0 Å². The van der Waals surface area contributed by atoms with Gasteiger partial charge in [0.25, 0.3) is 0 Å². The molecule has 0 radical (unpaired) electrons. The van der Waals surface area contributed by atoms with Crippen molar-refractivity contribution in [3.63, 3.8) is 0 Å². The fraction of sp³-hybridized carbons (Fsp3) is 0.444. The van der Waals surface area contributed by atoms with Crippen LogP contribution in [0.25, 0.3) is 0 Å². The number of carbonyl (C=O) groups is 2. The van der Waals surface area contributed by atoms with Gasteiger partial charge in [0.15, 0.2) is 0 Å². The van der Waals surface area contributed by atoms with Crippen LogP contribution in [0.15, 0.2) is 15.6 Å². The smallest absolute Gasteiger partial charge is 0.353 e. The number of nitrogens with zero attached hydrogens (tertiary/aromatic N) is 2. The summed E-state index contributed by atoms with van der Waals surface area (Å²) in [5.74, 6) is -1.16. The average molecular weight is 241 g/mol. The summed E-state index contributed by atoms with van der Waals surface area (Å²) in [6.07, 6.45) is 2.13. The second-order valence-corrected chi connectivity index (χ2v) is 4.70. The van der Waals surface area contributed by atoms with E-state index < -0.39 is 5.97 Å². The van der Waals surface area contributed by atoms with Crippen molar-refractivity contribution in [2.75, 3.05) is 6.54 Å². The maximum absolute atomic E-state index is 11.3. The minimum absolute atomic E-state index is 0.0181. The second kappa shape index (κ2) is 4.17. The van der Waals surface area contributed by atoms with Crippen LogP contribution < -0.4 is 5.73 Å². The first kappa shape index (κ1) is 11.0. The number of hydrogen-bond donors (Lipinski definition) is 2. The Bertz CT molecular complexity index is 405. The molecule has 0 aromatic rings. The number of nitrogens with two attached hydrogens (primary N) is 1. The molecule has 0 unspecified atom stereocenters. The lowest BCUT2D eigenvalue weighted by Gasteiger charge is -2.33. The minimum Gasteiger partial charge on any atom is -0.477 e. The molecule has 0 aliphatic carbocycles. The highest BCUT2D eigenvalue weighted by Gasteiger charge is 2.47. The van der Waals surface area contributed by atoms with Crippen LogP contribution in [0.4, 0.5) is 0 Å². The standard InChI is InChI=1S/C9H11N3O3S/c10-4-11-2-1-5-8(9(14)15)12-6(13)3-7(12)16-5/h4,7H,1-3H2,(H2,10,11)(H,14,15)/t7-/m1/s1. The molecule has 0 aromatic heterocycles. The Hall–Kier alpha value is -1.50. The summed E-state index contributed by atoms with van der Waals surface area (Å²) in [7, 11) is 0. The Morgan fingerprint density at radius 2 is 2.50 bits per heavy atom. The molecule has 2 aliphatic heterocycles. The number of thioether (sulfide) groups is 1. The minimum atomic E-state index is -1.05. The van der Waals surface area contributed by atoms with Gasteiger partial charge in [0.2, 0.25) is 5.91 Å². The van der Waals surface area contributed by atoms with Crippen LogP contribution in [-0.2, 0) is 9.59 Å². The quantitative estimate of drug-likeness (QED) is 0.409. The maximum Gasteiger partial charge on any atom is 0.353 e. The Kier molecular flexibility index (Phi) is 2.86. The number of fused-ring (bicyclic) bond motifs is 1. The molecule has 86 valence electrons. The molecule has 0 bridgehead atoms. The number of carboxylic acid groups (broad SMARTS) is 1. The first-order chi connectivity index (χ1) is 7.65. The highest BCUT2D eigenvalue weighted by molar-refractivity contribution is 8.04. The van der Waals surface area contributed by atoms with Gasteiger partial charge < -0.3 is 10.8 Å². The molecule has 2 rings (SSSR count). The zero-order valence-electron chi connectivity index (χ0n) is 8.42. The van der Waals surface area contributed by atoms with Gasteiger partial charge in [0.1, 0.15) is 5.70 Å². The number of aliphatic imine (C=N–C) groups is 1. The Labute approximate surface area is 96.2 Å². The van der Waals surface area contributed by atoms with Crippen LogP contribution in [0.1, 0.15) is 12.8 Å². The molecule has 1 saturated heterocycles. The number of rotatable bonds is 4. The highest BCUT2D eigenvalue weighted by Crippen LogP contribution is 2.47. The van der Waals surface area contributed by atoms with Gasteiger partial charge in [0, 0.05) is 17.9 Å². The van der Waals surface area contributed by atoms with Gasteiger partial charge in [0.05, 0.1) is 18.1 Å². The van der Waals surface area contributed by atoms with Crippen LogP contribution in [0.5, 0.6) is 0 Å². The van der Waals surface area contributed by atoms with E-state index >= 15 is 0 Å². The fourth-order valence-electron chi connectivity index (χ4n) is 1.74. The molecule has 6 nitrogen and oxygen atoms in total. The normalized spacial score (nSPS) is 23.9. The van der Waals surface area contributed by atoms with E-state index in [-0.39, 0.29) is 17.0 Å². The number of amides is 1. The predicted octanol–water partition coefficient (Wildman–Crippen LogP) is -0.0351. The Morgan fingerprint density at radius 1 is 1.75 bits per heavy atom. The molecule has 0 aromatic carbocycles. The van der Waals surface area contributed by atoms with E-state index in [0.717, 1.165) is 0 Å². The van der Waals surface area contributed by atoms with E-state index in [9.17, 15) is 9.59 Å². The van der Waals surface area contributed by atoms with Crippen molar-refractivity contribution in [2.24, 2.45) is 10.7 Å². The lowest BCUT2D eigenvalue weighted by Crippen LogP contribution is -2.48. The lowest BCUT2D eigenvalue weighted by molar-refractivity contribution is -0.145. The molecule has 7 heteroatoms. The van der Waals surface area contributed by atoms with E-state index in [0.29, 0.717) is 24.3 Å². The largest absolute Gasteiger partial charge is 0.477 e. The monoisotopic (exact) mass is 241 g/mol. The summed E-state index contributed by atoms with van der Waals surface area (Å²) in [5, 5.41) is 9.03. The average Bonchev–Trinajstić information content (AvgIpc) is 2.52. The van der Waals surface area contributed by atoms with Crippen LogP contribution in [0.2, 0.25) is 0 Å². The number of β-lactam (4-membered cyclic amide) rings is 1. The van der Waals surface area contributed by atoms with Crippen molar-refractivity contribution >= 4 is 30.0 Å². The zero-order chi connectivity index (χ0) is 11.7. The summed E-state index contributed by atoms with van der Waals surface area (Å²) < 4.78 is 0. The predicted molar refractivity (Wildman–Crippen MR) is 59.7 cm³/mol. The van der Waals surface area contributed by atoms with Gasteiger partial charge in [-0.25, -0.2) is 4.79 Å². The SMILES string of the molecule is NC=NCCC1=C(C(=O)O)N2C(=O)C[C@H]2S1. The summed E-state index contributed by atoms with van der Waals surface area (Å²) in [4.78, 5) is 28.2. The first-order valence-electron chi connectivity index (χ1n) is 4.80. The fourth-order valence-corrected chi connectivity index (χ4v) is 3.13. The van der Waals surface area contributed by atoms with Gasteiger partial charge in [-0.15, -0.1) is 11.8 Å². The van der Waals surface area contributed by atoms with Crippen LogP contribution >= 0.6 is 11.8 Å². The third kappa shape index (κ3) is 1.67. The molecule has 2 aliphatic rings. The number of aliphatic carboxylic acids is 1. The van der Waals surface area contributed by atoms with E-state index in [1.165, 1.54) is 23.0 Å². The lowest BCUT2D eigenvalue weighted by atomic mass is 10.1. The number of hydrogen-bond acceptors (Lipinski definition) is 4. The summed E-state index contributed by atoms with van der Waals surface area (Å²) in [5.41, 5.74) is 5.22. The third-order valence-corrected chi connectivity index (χ3v) is 3.80. The molecule has 1 amide bonds. The molecular formula is C9H11N3O3S. The van der Waals surface area contributed by atoms with Crippen LogP contribution in [0, 0.1) is 0 Å². The third-order valence-electron chi connectivity index (χ3n) is 2.47. The van der Waals surface area contributed by atoms with E-state index in [4.69, 9.17) is 10.8 Å². The molecule has 0 spiro atoms. The maximum atomic E-state index is 11.3. The molecule has 2 heterocycles. The Morgan fingerprint density at radius 3 is 3.06 bits per heavy atom. The topological polar surface area (TPSA) is 96.0 Å². The highest BCUT2D eigenvalue weighted by atomic mass is 32.2. The van der Waals surface area contributed by atoms with Gasteiger partial charge >= 0.3 is 5.97 Å². The molecule has 1 fully saturated rings. The summed E-state index contributed by atoms with van der Waals surface area (Å²) in [6, 6.07) is 0. The number of carbonyl (C=O) groups excluding carboxylic acids is 1. The molecular weight excluding hydrogens is 230 g/mol. The molecule has 16 heavy (non-hydrogen) atoms. The molecule has 1 atom stereocenters. The van der Waals surface area contributed by atoms with Crippen molar-refractivity contribution in [3.05, 3.63) is 10.6 Å². The molecule has 0 saturated carbocycles. The van der Waals surface area contributed by atoms with Gasteiger partial charge in [-0.3, -0.25) is 14.7 Å². The van der Waals surface area contributed by atoms with E-state index in [1.807, 2.05) is 0 Å². The summed E-state index contributed by atoms with van der Waals surface area (Å²) >= 11 is 1.44. The van der Waals surface area contributed by atoms with Crippen LogP contribution in [0.3, 0.4) is 0 Å². The Balaban J connectivity index is 2.15. The zero-order valence-corrected chi connectivity index (χ0v) is 9.24. The van der Waals surface area contributed by atoms with Gasteiger partial charge in [-0.2, -0.15) is 0 Å². The first-order valence-corrected chi connectivity index (χ1v) is 5.68. The number of carboxylic acids is 1. The van der Waals surface area contributed by atoms with Crippen molar-refractivity contribution in [3.8, 4) is 0 Å².